The molecule has 0 radical (unpaired) electrons. The Morgan fingerprint density at radius 1 is 0.176 bits per heavy atom. The van der Waals surface area contributed by atoms with Gasteiger partial charge in [0.2, 0.25) is 0 Å². The number of benzene rings is 12. The molecule has 18 heteroatoms. The average molecular weight is 1360 g/mol. The van der Waals surface area contributed by atoms with Crippen LogP contribution >= 0.6 is 0 Å². The maximum absolute atomic E-state index is 13.5. The van der Waals surface area contributed by atoms with Crippen LogP contribution in [0, 0.1) is 0 Å². The van der Waals surface area contributed by atoms with E-state index in [9.17, 15) is 71.5 Å². The number of hydrogen-bond donors (Lipinski definition) is 14. The number of fused-ring (bicyclic) bond motifs is 13. The van der Waals surface area contributed by atoms with Crippen LogP contribution in [0.15, 0.2) is 218 Å². The molecule has 102 heavy (non-hydrogen) atoms. The highest BCUT2D eigenvalue weighted by Gasteiger charge is 2.60. The molecule has 2 bridgehead atoms. The second-order valence-corrected chi connectivity index (χ2v) is 27.4. The topological polar surface area (TPSA) is 320 Å². The fourth-order valence-corrected chi connectivity index (χ4v) is 17.8. The van der Waals surface area contributed by atoms with Crippen LogP contribution in [0.3, 0.4) is 0 Å². The summed E-state index contributed by atoms with van der Waals surface area (Å²) in [6, 6.07) is 57.9. The van der Waals surface area contributed by atoms with Crippen molar-refractivity contribution < 1.29 is 90.4 Å². The van der Waals surface area contributed by atoms with Crippen molar-refractivity contribution in [3.63, 3.8) is 0 Å². The second-order valence-electron chi connectivity index (χ2n) is 27.4. The van der Waals surface area contributed by atoms with Crippen molar-refractivity contribution in [1.82, 2.24) is 0 Å². The number of hydrogen-bond acceptors (Lipinski definition) is 18. The zero-order valence-electron chi connectivity index (χ0n) is 53.6. The molecule has 0 amide bonds. The van der Waals surface area contributed by atoms with E-state index >= 15 is 0 Å². The third kappa shape index (κ3) is 9.68. The van der Waals surface area contributed by atoms with Crippen LogP contribution in [0.1, 0.15) is 172 Å². The summed E-state index contributed by atoms with van der Waals surface area (Å²) in [5, 5.41) is 161. The molecule has 0 aromatic heterocycles. The summed E-state index contributed by atoms with van der Waals surface area (Å²) in [7, 11) is 0. The minimum atomic E-state index is -1.06. The van der Waals surface area contributed by atoms with Crippen LogP contribution in [0.4, 0.5) is 0 Å². The molecule has 18 nitrogen and oxygen atoms in total. The third-order valence-electron chi connectivity index (χ3n) is 21.5. The molecule has 4 heterocycles. The van der Waals surface area contributed by atoms with Gasteiger partial charge in [-0.15, -0.1) is 0 Å². The SMILES string of the molecule is Oc1ccc([C@@H]2c3c(O)cc4c(c3[C@@H]3c5c(O)cc6c(c5C2[C@H]3c2ccc(O)cc2)[C@@H](c2cc(O)cc(O)c2)[C@H](c2ccc3c(c2)[C@H](c2cc(O)cc5c2[C@H](c2cc(O)cc(O)c2)[C@@H](c2ccc(O)cc2)O5)[C@H](c2ccc(O)cc2)O3)O6)[C@@H](c2cc(O)cc(O)c2)[C@H](c2ccc(O)cc2)O4)cc1. The van der Waals surface area contributed by atoms with Crippen LogP contribution in [0.2, 0.25) is 0 Å². The number of phenols is 14. The van der Waals surface area contributed by atoms with Crippen LogP contribution in [-0.4, -0.2) is 71.5 Å². The van der Waals surface area contributed by atoms with Crippen molar-refractivity contribution in [2.45, 2.75) is 71.8 Å². The first-order valence-corrected chi connectivity index (χ1v) is 33.3. The van der Waals surface area contributed by atoms with E-state index in [4.69, 9.17) is 18.9 Å². The molecule has 12 aromatic rings. The van der Waals surface area contributed by atoms with E-state index in [2.05, 4.69) is 0 Å². The summed E-state index contributed by atoms with van der Waals surface area (Å²) in [6.45, 7) is 0. The summed E-state index contributed by atoms with van der Waals surface area (Å²) in [5.74, 6) is -7.37. The zero-order chi connectivity index (χ0) is 70.0. The molecule has 4 aliphatic heterocycles. The van der Waals surface area contributed by atoms with Crippen LogP contribution in [0.5, 0.6) is 103 Å². The molecule has 18 rings (SSSR count). The fraction of sp³-hybridized carbons (Fsp3) is 0.143. The van der Waals surface area contributed by atoms with Gasteiger partial charge in [0.1, 0.15) is 128 Å². The van der Waals surface area contributed by atoms with Gasteiger partial charge in [-0.3, -0.25) is 0 Å². The van der Waals surface area contributed by atoms with Crippen LogP contribution < -0.4 is 18.9 Å². The Hall–Kier alpha value is -13.0. The standard InChI is InChI=1S/C84H62O18/c85-46-12-1-37(2-13-46)66-73-60(97)35-64-75(69(44-25-53(92)31-54(93)26-44)82(101-64)40-7-18-49(88)19-8-40)79(73)78-67(38-3-14-47(86)15-4-38)77(66)80-74(78)61(98)36-65-76(80)70(45-27-55(94)32-56(95)28-45)84(102-65)42-11-22-62-58(29-42)71(83(99-62)41-9-20-50(89)21-10-41)59-33-57(96)34-63-72(59)68(43-23-51(90)30-52(91)24-43)81(100-63)39-5-16-48(87)17-6-39/h1-36,66-71,77-78,81-98H/t66-,67-,68+,69-,70-,71-,77?,78+,81-,82+,83+,84+/m1/s1. The van der Waals surface area contributed by atoms with Gasteiger partial charge in [0.15, 0.2) is 0 Å². The molecule has 2 aliphatic carbocycles. The summed E-state index contributed by atoms with van der Waals surface area (Å²) < 4.78 is 28.4. The van der Waals surface area contributed by atoms with Gasteiger partial charge in [-0.2, -0.15) is 0 Å². The quantitative estimate of drug-likeness (QED) is 0.0605. The highest BCUT2D eigenvalue weighted by molar-refractivity contribution is 5.77. The summed E-state index contributed by atoms with van der Waals surface area (Å²) >= 11 is 0. The molecule has 12 atom stereocenters. The predicted octanol–water partition coefficient (Wildman–Crippen LogP) is 15.8. The van der Waals surface area contributed by atoms with Crippen molar-refractivity contribution in [3.05, 3.63) is 319 Å². The lowest BCUT2D eigenvalue weighted by atomic mass is 9.60. The number of rotatable bonds is 10. The molecule has 12 aromatic carbocycles. The molecule has 506 valence electrons. The molecule has 0 spiro atoms. The van der Waals surface area contributed by atoms with E-state index < -0.39 is 71.8 Å². The molecule has 0 fully saturated rings. The van der Waals surface area contributed by atoms with E-state index in [1.54, 1.807) is 115 Å². The van der Waals surface area contributed by atoms with Crippen molar-refractivity contribution in [2.24, 2.45) is 0 Å². The summed E-state index contributed by atoms with van der Waals surface area (Å²) in [4.78, 5) is 0. The highest BCUT2D eigenvalue weighted by Crippen LogP contribution is 2.74. The molecule has 6 aliphatic rings. The van der Waals surface area contributed by atoms with Crippen LogP contribution in [-0.2, 0) is 0 Å². The Kier molecular flexibility index (Phi) is 13.7. The van der Waals surface area contributed by atoms with Gasteiger partial charge in [0.25, 0.3) is 0 Å². The average Bonchev–Trinajstić information content (AvgIpc) is 1.51. The first-order valence-electron chi connectivity index (χ1n) is 33.3. The van der Waals surface area contributed by atoms with Gasteiger partial charge in [-0.25, -0.2) is 0 Å². The Bertz CT molecular complexity index is 5370. The van der Waals surface area contributed by atoms with Gasteiger partial charge in [0.05, 0.1) is 23.7 Å². The van der Waals surface area contributed by atoms with Gasteiger partial charge in [-0.05, 0) is 182 Å². The molecule has 1 unspecified atom stereocenters. The van der Waals surface area contributed by atoms with E-state index in [-0.39, 0.29) is 97.7 Å². The smallest absolute Gasteiger partial charge is 0.135 e. The molecular weight excluding hydrogens is 1300 g/mol. The molecule has 14 N–H and O–H groups in total. The van der Waals surface area contributed by atoms with E-state index in [1.165, 1.54) is 72.8 Å². The molecule has 0 saturated carbocycles. The monoisotopic (exact) mass is 1360 g/mol. The van der Waals surface area contributed by atoms with Gasteiger partial charge < -0.3 is 90.4 Å². The Morgan fingerprint density at radius 3 is 0.951 bits per heavy atom. The Morgan fingerprint density at radius 2 is 0.510 bits per heavy atom. The van der Waals surface area contributed by atoms with Crippen molar-refractivity contribution >= 4 is 0 Å². The lowest BCUT2D eigenvalue weighted by molar-refractivity contribution is 0.219. The van der Waals surface area contributed by atoms with Crippen molar-refractivity contribution in [3.8, 4) is 103 Å². The van der Waals surface area contributed by atoms with Gasteiger partial charge >= 0.3 is 0 Å². The van der Waals surface area contributed by atoms with E-state index in [0.29, 0.717) is 100 Å². The largest absolute Gasteiger partial charge is 0.508 e. The summed E-state index contributed by atoms with van der Waals surface area (Å²) in [5.41, 5.74) is 9.97. The maximum Gasteiger partial charge on any atom is 0.135 e. The summed E-state index contributed by atoms with van der Waals surface area (Å²) in [6.07, 6.45) is -3.66. The van der Waals surface area contributed by atoms with Crippen molar-refractivity contribution in [2.75, 3.05) is 0 Å². The zero-order valence-corrected chi connectivity index (χ0v) is 53.6. The lowest BCUT2D eigenvalue weighted by Gasteiger charge is -2.41. The minimum Gasteiger partial charge on any atom is -0.508 e. The second kappa shape index (κ2) is 22.8. The van der Waals surface area contributed by atoms with Crippen LogP contribution in [0.25, 0.3) is 0 Å². The number of phenolic OH excluding ortho intramolecular Hbond substituents is 14. The lowest BCUT2D eigenvalue weighted by Crippen LogP contribution is -2.28. The van der Waals surface area contributed by atoms with Gasteiger partial charge in [0, 0.05) is 93.5 Å². The molecule has 0 saturated heterocycles. The normalized spacial score (nSPS) is 22.8. The maximum atomic E-state index is 13.5. The van der Waals surface area contributed by atoms with E-state index in [1.807, 2.05) is 30.3 Å². The fourth-order valence-electron chi connectivity index (χ4n) is 17.8. The van der Waals surface area contributed by atoms with E-state index in [0.717, 1.165) is 5.56 Å². The third-order valence-corrected chi connectivity index (χ3v) is 21.5. The first-order chi connectivity index (χ1) is 49.3. The number of aromatic hydroxyl groups is 14. The Labute approximate surface area is 581 Å². The van der Waals surface area contributed by atoms with Gasteiger partial charge in [-0.1, -0.05) is 66.7 Å². The minimum absolute atomic E-state index is 0.00297. The number of ether oxygens (including phenoxy) is 4. The predicted molar refractivity (Wildman–Crippen MR) is 371 cm³/mol. The molecular formula is C84H62O18. The van der Waals surface area contributed by atoms with Crippen molar-refractivity contribution in [1.29, 1.82) is 0 Å². The first kappa shape index (κ1) is 61.4. The highest BCUT2D eigenvalue weighted by atomic mass is 16.5. The Balaban J connectivity index is 0.872.